The number of halogens is 1. The number of urea groups is 1. The molecule has 0 aromatic heterocycles. The molecule has 0 aliphatic rings. The van der Waals surface area contributed by atoms with Gasteiger partial charge in [0.05, 0.1) is 12.1 Å². The maximum Gasteiger partial charge on any atom is 0.321 e. The molecule has 2 aromatic rings. The van der Waals surface area contributed by atoms with Gasteiger partial charge in [0.2, 0.25) is 5.91 Å². The minimum Gasteiger partial charge on any atom is -0.375 e. The molecule has 8 heteroatoms. The molecule has 0 spiro atoms. The van der Waals surface area contributed by atoms with E-state index < -0.39 is 17.5 Å². The second-order valence-electron chi connectivity index (χ2n) is 7.11. The summed E-state index contributed by atoms with van der Waals surface area (Å²) in [6.07, 6.45) is 0. The smallest absolute Gasteiger partial charge is 0.321 e. The third kappa shape index (κ3) is 6.92. The van der Waals surface area contributed by atoms with E-state index in [0.717, 1.165) is 0 Å². The van der Waals surface area contributed by atoms with Crippen LogP contribution in [0.2, 0.25) is 5.02 Å². The molecular formula is C20H23ClN4O3. The Morgan fingerprint density at radius 1 is 0.964 bits per heavy atom. The number of imide groups is 1. The summed E-state index contributed by atoms with van der Waals surface area (Å²) in [6.45, 7) is 5.27. The fourth-order valence-electron chi connectivity index (χ4n) is 2.29. The Morgan fingerprint density at radius 2 is 1.61 bits per heavy atom. The van der Waals surface area contributed by atoms with E-state index in [1.807, 2.05) is 20.8 Å². The van der Waals surface area contributed by atoms with E-state index in [4.69, 9.17) is 11.6 Å². The van der Waals surface area contributed by atoms with Gasteiger partial charge in [0.15, 0.2) is 0 Å². The summed E-state index contributed by atoms with van der Waals surface area (Å²) in [6, 6.07) is 12.9. The second-order valence-corrected chi connectivity index (χ2v) is 7.55. The first-order valence-electron chi connectivity index (χ1n) is 8.66. The van der Waals surface area contributed by atoms with E-state index >= 15 is 0 Å². The molecule has 0 saturated carbocycles. The van der Waals surface area contributed by atoms with Crippen molar-refractivity contribution < 1.29 is 14.4 Å². The van der Waals surface area contributed by atoms with E-state index in [9.17, 15) is 14.4 Å². The predicted molar refractivity (Wildman–Crippen MR) is 111 cm³/mol. The number of carbonyl (C=O) groups is 3. The molecular weight excluding hydrogens is 380 g/mol. The molecule has 0 bridgehead atoms. The summed E-state index contributed by atoms with van der Waals surface area (Å²) in [5, 5.41) is 11.1. The lowest BCUT2D eigenvalue weighted by Gasteiger charge is -2.20. The van der Waals surface area contributed by atoms with E-state index in [0.29, 0.717) is 22.0 Å². The van der Waals surface area contributed by atoms with E-state index in [1.54, 1.807) is 48.5 Å². The molecule has 28 heavy (non-hydrogen) atoms. The summed E-state index contributed by atoms with van der Waals surface area (Å²) in [5.41, 5.74) is 0.981. The van der Waals surface area contributed by atoms with Crippen molar-refractivity contribution in [3.05, 3.63) is 59.1 Å². The van der Waals surface area contributed by atoms with Crippen molar-refractivity contribution in [1.82, 2.24) is 10.6 Å². The average Bonchev–Trinajstić information content (AvgIpc) is 2.60. The van der Waals surface area contributed by atoms with Gasteiger partial charge < -0.3 is 16.0 Å². The number of anilines is 2. The molecule has 0 fully saturated rings. The van der Waals surface area contributed by atoms with Crippen LogP contribution in [0.25, 0.3) is 0 Å². The van der Waals surface area contributed by atoms with Crippen LogP contribution in [-0.2, 0) is 4.79 Å². The quantitative estimate of drug-likeness (QED) is 0.613. The first kappa shape index (κ1) is 21.2. The minimum atomic E-state index is -0.576. The fraction of sp³-hybridized carbons (Fsp3) is 0.250. The molecule has 2 rings (SSSR count). The van der Waals surface area contributed by atoms with Crippen LogP contribution >= 0.6 is 11.6 Å². The molecule has 0 atom stereocenters. The number of hydrogen-bond acceptors (Lipinski definition) is 4. The van der Waals surface area contributed by atoms with Gasteiger partial charge in [-0.15, -0.1) is 0 Å². The number of carbonyl (C=O) groups excluding carboxylic acids is 3. The van der Waals surface area contributed by atoms with Crippen LogP contribution in [0, 0.1) is 0 Å². The fourth-order valence-corrected chi connectivity index (χ4v) is 2.41. The molecule has 0 aliphatic carbocycles. The van der Waals surface area contributed by atoms with Crippen LogP contribution in [-0.4, -0.2) is 29.9 Å². The SMILES string of the molecule is CC(C)(C)NC(=O)NC(=O)CNc1ccccc1C(=O)Nc1ccc(Cl)cc1. The molecule has 0 saturated heterocycles. The summed E-state index contributed by atoms with van der Waals surface area (Å²) >= 11 is 5.84. The zero-order chi connectivity index (χ0) is 20.7. The lowest BCUT2D eigenvalue weighted by molar-refractivity contribution is -0.118. The number of benzene rings is 2. The molecule has 0 aliphatic heterocycles. The van der Waals surface area contributed by atoms with Gasteiger partial charge >= 0.3 is 6.03 Å². The maximum atomic E-state index is 12.6. The summed E-state index contributed by atoms with van der Waals surface area (Å²) < 4.78 is 0. The van der Waals surface area contributed by atoms with Crippen LogP contribution in [0.3, 0.4) is 0 Å². The van der Waals surface area contributed by atoms with Gasteiger partial charge in [-0.1, -0.05) is 23.7 Å². The third-order valence-corrected chi connectivity index (χ3v) is 3.71. The van der Waals surface area contributed by atoms with Crippen LogP contribution in [0.15, 0.2) is 48.5 Å². The van der Waals surface area contributed by atoms with Crippen molar-refractivity contribution in [1.29, 1.82) is 0 Å². The van der Waals surface area contributed by atoms with Crippen molar-refractivity contribution in [3.8, 4) is 0 Å². The Kier molecular flexibility index (Phi) is 7.00. The first-order chi connectivity index (χ1) is 13.1. The second kappa shape index (κ2) is 9.23. The number of amides is 4. The van der Waals surface area contributed by atoms with Crippen LogP contribution in [0.5, 0.6) is 0 Å². The molecule has 4 N–H and O–H groups in total. The number of para-hydroxylation sites is 1. The van der Waals surface area contributed by atoms with Gasteiger partial charge in [-0.2, -0.15) is 0 Å². The highest BCUT2D eigenvalue weighted by molar-refractivity contribution is 6.30. The molecule has 0 radical (unpaired) electrons. The van der Waals surface area contributed by atoms with E-state index in [1.165, 1.54) is 0 Å². The zero-order valence-electron chi connectivity index (χ0n) is 15.9. The van der Waals surface area contributed by atoms with Crippen molar-refractivity contribution in [2.75, 3.05) is 17.2 Å². The monoisotopic (exact) mass is 402 g/mol. The molecule has 0 unspecified atom stereocenters. The summed E-state index contributed by atoms with van der Waals surface area (Å²) in [4.78, 5) is 36.3. The predicted octanol–water partition coefficient (Wildman–Crippen LogP) is 3.63. The van der Waals surface area contributed by atoms with Gasteiger partial charge in [-0.3, -0.25) is 14.9 Å². The number of hydrogen-bond donors (Lipinski definition) is 4. The van der Waals surface area contributed by atoms with Gasteiger partial charge in [0.1, 0.15) is 0 Å². The van der Waals surface area contributed by atoms with Crippen LogP contribution < -0.4 is 21.3 Å². The summed E-state index contributed by atoms with van der Waals surface area (Å²) in [7, 11) is 0. The van der Waals surface area contributed by atoms with Crippen LogP contribution in [0.4, 0.5) is 16.2 Å². The highest BCUT2D eigenvalue weighted by atomic mass is 35.5. The maximum absolute atomic E-state index is 12.6. The number of rotatable bonds is 5. The minimum absolute atomic E-state index is 0.164. The van der Waals surface area contributed by atoms with Gasteiger partial charge in [-0.25, -0.2) is 4.79 Å². The number of nitrogens with one attached hydrogen (secondary N) is 4. The van der Waals surface area contributed by atoms with Gasteiger partial charge in [0.25, 0.3) is 5.91 Å². The normalized spacial score (nSPS) is 10.7. The van der Waals surface area contributed by atoms with Crippen molar-refractivity contribution in [3.63, 3.8) is 0 Å². The lowest BCUT2D eigenvalue weighted by Crippen LogP contribution is -2.49. The van der Waals surface area contributed by atoms with E-state index in [-0.39, 0.29) is 12.5 Å². The van der Waals surface area contributed by atoms with Gasteiger partial charge in [-0.05, 0) is 57.2 Å². The molecule has 0 heterocycles. The Hall–Kier alpha value is -3.06. The van der Waals surface area contributed by atoms with Crippen molar-refractivity contribution in [2.45, 2.75) is 26.3 Å². The Bertz CT molecular complexity index is 860. The zero-order valence-corrected chi connectivity index (χ0v) is 16.7. The summed E-state index contributed by atoms with van der Waals surface area (Å²) in [5.74, 6) is -0.856. The van der Waals surface area contributed by atoms with E-state index in [2.05, 4.69) is 21.3 Å². The average molecular weight is 403 g/mol. The van der Waals surface area contributed by atoms with Gasteiger partial charge in [0, 0.05) is 21.9 Å². The first-order valence-corrected chi connectivity index (χ1v) is 9.04. The molecule has 4 amide bonds. The van der Waals surface area contributed by atoms with Crippen LogP contribution in [0.1, 0.15) is 31.1 Å². The van der Waals surface area contributed by atoms with Crippen molar-refractivity contribution in [2.24, 2.45) is 0 Å². The highest BCUT2D eigenvalue weighted by Gasteiger charge is 2.16. The molecule has 2 aromatic carbocycles. The largest absolute Gasteiger partial charge is 0.375 e. The Balaban J connectivity index is 1.97. The molecule has 7 nitrogen and oxygen atoms in total. The standard InChI is InChI=1S/C20H23ClN4O3/c1-20(2,3)25-19(28)24-17(26)12-22-16-7-5-4-6-15(16)18(27)23-14-10-8-13(21)9-11-14/h4-11,22H,12H2,1-3H3,(H,23,27)(H2,24,25,26,28). The van der Waals surface area contributed by atoms with Crippen molar-refractivity contribution >= 4 is 40.8 Å². The molecule has 148 valence electrons. The highest BCUT2D eigenvalue weighted by Crippen LogP contribution is 2.18. The Labute approximate surface area is 168 Å². The third-order valence-electron chi connectivity index (χ3n) is 3.45. The topological polar surface area (TPSA) is 99.3 Å². The Morgan fingerprint density at radius 3 is 2.25 bits per heavy atom. The lowest BCUT2D eigenvalue weighted by atomic mass is 10.1.